The molecule has 21 heavy (non-hydrogen) atoms. The van der Waals surface area contributed by atoms with Crippen LogP contribution in [-0.2, 0) is 14.3 Å². The molecule has 0 bridgehead atoms. The number of aliphatic hydroxyl groups is 1. The Hall–Kier alpha value is -1.63. The zero-order valence-corrected chi connectivity index (χ0v) is 12.2. The number of ether oxygens (including phenoxy) is 1. The maximum Gasteiger partial charge on any atom is 0.313 e. The van der Waals surface area contributed by atoms with E-state index in [1.54, 1.807) is 24.3 Å². The lowest BCUT2D eigenvalue weighted by Gasteiger charge is -2.31. The minimum absolute atomic E-state index is 0.0260. The summed E-state index contributed by atoms with van der Waals surface area (Å²) in [6.07, 6.45) is 0.867. The van der Waals surface area contributed by atoms with Crippen LogP contribution in [0.5, 0.6) is 0 Å². The van der Waals surface area contributed by atoms with E-state index in [0.717, 1.165) is 0 Å². The van der Waals surface area contributed by atoms with Gasteiger partial charge in [-0.3, -0.25) is 9.59 Å². The molecule has 3 N–H and O–H groups in total. The number of carbonyl (C=O) groups is 2. The zero-order valence-electron chi connectivity index (χ0n) is 11.4. The lowest BCUT2D eigenvalue weighted by atomic mass is 9.94. The van der Waals surface area contributed by atoms with Gasteiger partial charge >= 0.3 is 11.8 Å². The minimum Gasteiger partial charge on any atom is -0.388 e. The molecule has 0 atom stereocenters. The van der Waals surface area contributed by atoms with Gasteiger partial charge in [0.05, 0.1) is 5.60 Å². The second-order valence-electron chi connectivity index (χ2n) is 4.98. The Morgan fingerprint density at radius 1 is 1.29 bits per heavy atom. The molecule has 0 aromatic heterocycles. The van der Waals surface area contributed by atoms with Crippen LogP contribution >= 0.6 is 11.6 Å². The highest BCUT2D eigenvalue weighted by Crippen LogP contribution is 2.19. The first kappa shape index (κ1) is 15.8. The Bertz CT molecular complexity index is 529. The van der Waals surface area contributed by atoms with Gasteiger partial charge in [-0.05, 0) is 18.2 Å². The molecule has 2 rings (SSSR count). The Labute approximate surface area is 127 Å². The third-order valence-electron chi connectivity index (χ3n) is 3.29. The smallest absolute Gasteiger partial charge is 0.313 e. The second-order valence-corrected chi connectivity index (χ2v) is 5.42. The van der Waals surface area contributed by atoms with Crippen LogP contribution < -0.4 is 10.6 Å². The normalized spacial score (nSPS) is 17.0. The van der Waals surface area contributed by atoms with Crippen molar-refractivity contribution in [1.82, 2.24) is 5.32 Å². The van der Waals surface area contributed by atoms with Gasteiger partial charge in [0.1, 0.15) is 0 Å². The fourth-order valence-electron chi connectivity index (χ4n) is 2.01. The molecular formula is C14H17ClN2O4. The van der Waals surface area contributed by atoms with Gasteiger partial charge in [0, 0.05) is 43.3 Å². The summed E-state index contributed by atoms with van der Waals surface area (Å²) in [5.41, 5.74) is -0.572. The lowest BCUT2D eigenvalue weighted by Crippen LogP contribution is -2.48. The third-order valence-corrected chi connectivity index (χ3v) is 3.53. The number of nitrogens with one attached hydrogen (secondary N) is 2. The van der Waals surface area contributed by atoms with Gasteiger partial charge in [0.25, 0.3) is 0 Å². The molecule has 2 amide bonds. The van der Waals surface area contributed by atoms with Crippen LogP contribution in [0.15, 0.2) is 24.3 Å². The molecule has 0 spiro atoms. The van der Waals surface area contributed by atoms with Crippen LogP contribution in [0.4, 0.5) is 5.69 Å². The molecular weight excluding hydrogens is 296 g/mol. The standard InChI is InChI=1S/C14H17ClN2O4/c15-10-2-1-3-11(8-10)17-13(19)12(18)16-9-14(20)4-6-21-7-5-14/h1-3,8,20H,4-7,9H2,(H,16,18)(H,17,19). The van der Waals surface area contributed by atoms with Crippen molar-refractivity contribution in [2.24, 2.45) is 0 Å². The van der Waals surface area contributed by atoms with Crippen molar-refractivity contribution in [3.8, 4) is 0 Å². The molecule has 6 nitrogen and oxygen atoms in total. The number of amides is 2. The van der Waals surface area contributed by atoms with E-state index in [1.165, 1.54) is 0 Å². The summed E-state index contributed by atoms with van der Waals surface area (Å²) in [5, 5.41) is 15.5. The van der Waals surface area contributed by atoms with Crippen molar-refractivity contribution >= 4 is 29.1 Å². The Balaban J connectivity index is 1.84. The van der Waals surface area contributed by atoms with Gasteiger partial charge in [-0.2, -0.15) is 0 Å². The average Bonchev–Trinajstić information content (AvgIpc) is 2.45. The minimum atomic E-state index is -1.01. The average molecular weight is 313 g/mol. The molecule has 0 radical (unpaired) electrons. The summed E-state index contributed by atoms with van der Waals surface area (Å²) < 4.78 is 5.14. The maximum atomic E-state index is 11.7. The van der Waals surface area contributed by atoms with Crippen LogP contribution in [0.1, 0.15) is 12.8 Å². The Morgan fingerprint density at radius 3 is 2.67 bits per heavy atom. The molecule has 0 aliphatic carbocycles. The highest BCUT2D eigenvalue weighted by Gasteiger charge is 2.30. The lowest BCUT2D eigenvalue weighted by molar-refractivity contribution is -0.137. The number of anilines is 1. The molecule has 0 unspecified atom stereocenters. The molecule has 1 fully saturated rings. The predicted molar refractivity (Wildman–Crippen MR) is 78.1 cm³/mol. The van der Waals surface area contributed by atoms with Crippen molar-refractivity contribution in [1.29, 1.82) is 0 Å². The first-order valence-corrected chi connectivity index (χ1v) is 7.01. The Kier molecular flexibility index (Phi) is 5.17. The first-order valence-electron chi connectivity index (χ1n) is 6.63. The SMILES string of the molecule is O=C(NCC1(O)CCOCC1)C(=O)Nc1cccc(Cl)c1. The van der Waals surface area contributed by atoms with E-state index in [1.807, 2.05) is 0 Å². The van der Waals surface area contributed by atoms with Gasteiger partial charge in [-0.1, -0.05) is 17.7 Å². The molecule has 114 valence electrons. The number of hydrogen-bond donors (Lipinski definition) is 3. The number of hydrogen-bond acceptors (Lipinski definition) is 4. The summed E-state index contributed by atoms with van der Waals surface area (Å²) in [5.74, 6) is -1.59. The fraction of sp³-hybridized carbons (Fsp3) is 0.429. The third kappa shape index (κ3) is 4.70. The summed E-state index contributed by atoms with van der Waals surface area (Å²) in [4.78, 5) is 23.4. The van der Waals surface area contributed by atoms with Crippen LogP contribution in [0.3, 0.4) is 0 Å². The molecule has 0 saturated carbocycles. The van der Waals surface area contributed by atoms with E-state index < -0.39 is 17.4 Å². The van der Waals surface area contributed by atoms with Gasteiger partial charge in [0.2, 0.25) is 0 Å². The topological polar surface area (TPSA) is 87.7 Å². The summed E-state index contributed by atoms with van der Waals surface area (Å²) in [6.45, 7) is 0.917. The van der Waals surface area contributed by atoms with Crippen molar-refractivity contribution in [2.75, 3.05) is 25.1 Å². The molecule has 1 heterocycles. The predicted octanol–water partition coefficient (Wildman–Crippen LogP) is 0.936. The van der Waals surface area contributed by atoms with E-state index in [0.29, 0.717) is 36.8 Å². The van der Waals surface area contributed by atoms with E-state index in [4.69, 9.17) is 16.3 Å². The second kappa shape index (κ2) is 6.89. The number of rotatable bonds is 3. The van der Waals surface area contributed by atoms with Crippen molar-refractivity contribution in [3.05, 3.63) is 29.3 Å². The number of benzene rings is 1. The van der Waals surface area contributed by atoms with Crippen molar-refractivity contribution in [3.63, 3.8) is 0 Å². The largest absolute Gasteiger partial charge is 0.388 e. The summed E-state index contributed by atoms with van der Waals surface area (Å²) in [7, 11) is 0. The monoisotopic (exact) mass is 312 g/mol. The number of halogens is 1. The molecule has 1 aliphatic heterocycles. The van der Waals surface area contributed by atoms with Crippen LogP contribution in [0.25, 0.3) is 0 Å². The quantitative estimate of drug-likeness (QED) is 0.725. The van der Waals surface area contributed by atoms with Crippen molar-refractivity contribution in [2.45, 2.75) is 18.4 Å². The zero-order chi connectivity index (χ0) is 15.3. The molecule has 1 aromatic rings. The van der Waals surface area contributed by atoms with Crippen LogP contribution in [0, 0.1) is 0 Å². The fourth-order valence-corrected chi connectivity index (χ4v) is 2.20. The number of carbonyl (C=O) groups excluding carboxylic acids is 2. The van der Waals surface area contributed by atoms with Gasteiger partial charge in [-0.15, -0.1) is 0 Å². The van der Waals surface area contributed by atoms with Crippen LogP contribution in [0.2, 0.25) is 5.02 Å². The molecule has 1 aliphatic rings. The first-order chi connectivity index (χ1) is 9.98. The molecule has 7 heteroatoms. The van der Waals surface area contributed by atoms with Gasteiger partial charge < -0.3 is 20.5 Å². The van der Waals surface area contributed by atoms with E-state index in [2.05, 4.69) is 10.6 Å². The van der Waals surface area contributed by atoms with Crippen LogP contribution in [-0.4, -0.2) is 42.3 Å². The maximum absolute atomic E-state index is 11.7. The van der Waals surface area contributed by atoms with E-state index in [9.17, 15) is 14.7 Å². The Morgan fingerprint density at radius 2 is 2.00 bits per heavy atom. The molecule has 1 saturated heterocycles. The highest BCUT2D eigenvalue weighted by atomic mass is 35.5. The highest BCUT2D eigenvalue weighted by molar-refractivity contribution is 6.39. The summed E-state index contributed by atoms with van der Waals surface area (Å²) in [6, 6.07) is 6.50. The summed E-state index contributed by atoms with van der Waals surface area (Å²) >= 11 is 5.79. The van der Waals surface area contributed by atoms with E-state index in [-0.39, 0.29) is 6.54 Å². The molecule has 1 aromatic carbocycles. The van der Waals surface area contributed by atoms with Crippen molar-refractivity contribution < 1.29 is 19.4 Å². The van der Waals surface area contributed by atoms with Gasteiger partial charge in [-0.25, -0.2) is 0 Å². The van der Waals surface area contributed by atoms with E-state index >= 15 is 0 Å². The van der Waals surface area contributed by atoms with Gasteiger partial charge in [0.15, 0.2) is 0 Å².